The largest absolute Gasteiger partial charge is 0.497 e. The molecule has 0 aliphatic heterocycles. The summed E-state index contributed by atoms with van der Waals surface area (Å²) < 4.78 is 10.8. The minimum Gasteiger partial charge on any atom is -0.497 e. The highest BCUT2D eigenvalue weighted by atomic mass is 32.1. The molecule has 0 radical (unpaired) electrons. The van der Waals surface area contributed by atoms with Gasteiger partial charge in [-0.05, 0) is 36.8 Å². The molecule has 5 heteroatoms. The van der Waals surface area contributed by atoms with Crippen molar-refractivity contribution < 1.29 is 9.47 Å². The second-order valence-corrected chi connectivity index (χ2v) is 5.69. The SMILES string of the molecule is COc1ccc(-c2nc(COc3ccc(C)cn3)cs2)cc1. The van der Waals surface area contributed by atoms with Crippen LogP contribution in [0, 0.1) is 6.92 Å². The smallest absolute Gasteiger partial charge is 0.213 e. The molecule has 22 heavy (non-hydrogen) atoms. The van der Waals surface area contributed by atoms with Gasteiger partial charge < -0.3 is 9.47 Å². The van der Waals surface area contributed by atoms with Crippen molar-refractivity contribution in [3.63, 3.8) is 0 Å². The highest BCUT2D eigenvalue weighted by Crippen LogP contribution is 2.26. The quantitative estimate of drug-likeness (QED) is 0.711. The van der Waals surface area contributed by atoms with E-state index in [9.17, 15) is 0 Å². The minimum absolute atomic E-state index is 0.419. The molecule has 0 saturated heterocycles. The molecule has 0 unspecified atom stereocenters. The predicted molar refractivity (Wildman–Crippen MR) is 87.4 cm³/mol. The second kappa shape index (κ2) is 6.58. The molecule has 2 heterocycles. The summed E-state index contributed by atoms with van der Waals surface area (Å²) in [5.74, 6) is 1.46. The summed E-state index contributed by atoms with van der Waals surface area (Å²) in [5.41, 5.74) is 3.09. The van der Waals surface area contributed by atoms with Crippen LogP contribution in [0.25, 0.3) is 10.6 Å². The Morgan fingerprint density at radius 2 is 1.91 bits per heavy atom. The van der Waals surface area contributed by atoms with Gasteiger partial charge in [0.05, 0.1) is 12.8 Å². The lowest BCUT2D eigenvalue weighted by molar-refractivity contribution is 0.290. The third-order valence-corrected chi connectivity index (χ3v) is 4.08. The summed E-state index contributed by atoms with van der Waals surface area (Å²) in [7, 11) is 1.66. The van der Waals surface area contributed by atoms with E-state index in [2.05, 4.69) is 9.97 Å². The molecule has 0 amide bonds. The predicted octanol–water partition coefficient (Wildman–Crippen LogP) is 4.10. The Balaban J connectivity index is 1.66. The van der Waals surface area contributed by atoms with E-state index in [0.717, 1.165) is 27.6 Å². The van der Waals surface area contributed by atoms with Gasteiger partial charge in [0.1, 0.15) is 17.4 Å². The zero-order valence-electron chi connectivity index (χ0n) is 12.4. The van der Waals surface area contributed by atoms with Gasteiger partial charge in [0.15, 0.2) is 0 Å². The van der Waals surface area contributed by atoms with Crippen LogP contribution in [0.1, 0.15) is 11.3 Å². The monoisotopic (exact) mass is 312 g/mol. The van der Waals surface area contributed by atoms with E-state index < -0.39 is 0 Å². The van der Waals surface area contributed by atoms with E-state index >= 15 is 0 Å². The Hall–Kier alpha value is -2.40. The average Bonchev–Trinajstić information content (AvgIpc) is 3.03. The van der Waals surface area contributed by atoms with Gasteiger partial charge in [0.25, 0.3) is 0 Å². The molecular formula is C17H16N2O2S. The molecule has 0 fully saturated rings. The second-order valence-electron chi connectivity index (χ2n) is 4.83. The first kappa shape index (κ1) is 14.5. The number of nitrogens with zero attached hydrogens (tertiary/aromatic N) is 2. The third-order valence-electron chi connectivity index (χ3n) is 3.14. The molecule has 0 aliphatic carbocycles. The first-order valence-corrected chi connectivity index (χ1v) is 7.77. The van der Waals surface area contributed by atoms with Gasteiger partial charge in [-0.1, -0.05) is 6.07 Å². The van der Waals surface area contributed by atoms with Crippen LogP contribution >= 0.6 is 11.3 Å². The van der Waals surface area contributed by atoms with Gasteiger partial charge in [0.2, 0.25) is 5.88 Å². The number of aromatic nitrogens is 2. The summed E-state index contributed by atoms with van der Waals surface area (Å²) >= 11 is 1.60. The van der Waals surface area contributed by atoms with Crippen LogP contribution in [-0.4, -0.2) is 17.1 Å². The Kier molecular flexibility index (Phi) is 4.34. The lowest BCUT2D eigenvalue weighted by atomic mass is 10.2. The molecule has 2 aromatic heterocycles. The normalized spacial score (nSPS) is 10.5. The molecule has 1 aromatic carbocycles. The van der Waals surface area contributed by atoms with Crippen molar-refractivity contribution >= 4 is 11.3 Å². The molecule has 3 aromatic rings. The van der Waals surface area contributed by atoms with Crippen LogP contribution in [0.5, 0.6) is 11.6 Å². The molecule has 3 rings (SSSR count). The van der Waals surface area contributed by atoms with E-state index in [1.807, 2.05) is 48.7 Å². The Morgan fingerprint density at radius 3 is 2.59 bits per heavy atom. The number of pyridine rings is 1. The molecule has 0 spiro atoms. The van der Waals surface area contributed by atoms with Crippen LogP contribution < -0.4 is 9.47 Å². The number of hydrogen-bond donors (Lipinski definition) is 0. The van der Waals surface area contributed by atoms with Crippen LogP contribution in [0.4, 0.5) is 0 Å². The van der Waals surface area contributed by atoms with Crippen LogP contribution in [0.3, 0.4) is 0 Å². The van der Waals surface area contributed by atoms with Crippen molar-refractivity contribution in [1.82, 2.24) is 9.97 Å². The van der Waals surface area contributed by atoms with E-state index in [1.54, 1.807) is 24.6 Å². The molecule has 0 N–H and O–H groups in total. The van der Waals surface area contributed by atoms with E-state index in [4.69, 9.17) is 9.47 Å². The van der Waals surface area contributed by atoms with Gasteiger partial charge >= 0.3 is 0 Å². The summed E-state index contributed by atoms with van der Waals surface area (Å²) in [6.07, 6.45) is 1.79. The maximum atomic E-state index is 5.65. The highest BCUT2D eigenvalue weighted by Gasteiger charge is 2.06. The lowest BCUT2D eigenvalue weighted by Gasteiger charge is -2.03. The van der Waals surface area contributed by atoms with Gasteiger partial charge in [-0.15, -0.1) is 11.3 Å². The molecule has 0 bridgehead atoms. The molecule has 0 aliphatic rings. The number of hydrogen-bond acceptors (Lipinski definition) is 5. The lowest BCUT2D eigenvalue weighted by Crippen LogP contribution is -1.97. The zero-order chi connectivity index (χ0) is 15.4. The zero-order valence-corrected chi connectivity index (χ0v) is 13.3. The van der Waals surface area contributed by atoms with E-state index in [0.29, 0.717) is 12.5 Å². The maximum Gasteiger partial charge on any atom is 0.213 e. The van der Waals surface area contributed by atoms with Crippen molar-refractivity contribution in [2.45, 2.75) is 13.5 Å². The van der Waals surface area contributed by atoms with Gasteiger partial charge in [-0.3, -0.25) is 0 Å². The number of rotatable bonds is 5. The number of ether oxygens (including phenoxy) is 2. The number of methoxy groups -OCH3 is 1. The fourth-order valence-electron chi connectivity index (χ4n) is 1.93. The number of aryl methyl sites for hydroxylation is 1. The van der Waals surface area contributed by atoms with Crippen molar-refractivity contribution in [3.8, 4) is 22.2 Å². The molecule has 112 valence electrons. The summed E-state index contributed by atoms with van der Waals surface area (Å²) in [5, 5.41) is 2.98. The van der Waals surface area contributed by atoms with E-state index in [-0.39, 0.29) is 0 Å². The van der Waals surface area contributed by atoms with E-state index in [1.165, 1.54) is 0 Å². The fraction of sp³-hybridized carbons (Fsp3) is 0.176. The summed E-state index contributed by atoms with van der Waals surface area (Å²) in [6, 6.07) is 11.7. The average molecular weight is 312 g/mol. The molecule has 0 atom stereocenters. The van der Waals surface area contributed by atoms with Crippen LogP contribution in [0.2, 0.25) is 0 Å². The molecule has 4 nitrogen and oxygen atoms in total. The summed E-state index contributed by atoms with van der Waals surface area (Å²) in [6.45, 7) is 2.42. The van der Waals surface area contributed by atoms with Gasteiger partial charge in [-0.25, -0.2) is 9.97 Å². The van der Waals surface area contributed by atoms with Crippen LogP contribution in [0.15, 0.2) is 48.0 Å². The van der Waals surface area contributed by atoms with Crippen LogP contribution in [-0.2, 0) is 6.61 Å². The fourth-order valence-corrected chi connectivity index (χ4v) is 2.74. The minimum atomic E-state index is 0.419. The third kappa shape index (κ3) is 3.43. The number of benzene rings is 1. The number of thiazole rings is 1. The first-order chi connectivity index (χ1) is 10.7. The Labute approximate surface area is 133 Å². The first-order valence-electron chi connectivity index (χ1n) is 6.89. The highest BCUT2D eigenvalue weighted by molar-refractivity contribution is 7.13. The van der Waals surface area contributed by atoms with Crippen molar-refractivity contribution in [2.75, 3.05) is 7.11 Å². The topological polar surface area (TPSA) is 44.2 Å². The van der Waals surface area contributed by atoms with Crippen molar-refractivity contribution in [1.29, 1.82) is 0 Å². The molecular weight excluding hydrogens is 296 g/mol. The van der Waals surface area contributed by atoms with Gasteiger partial charge in [-0.2, -0.15) is 0 Å². The van der Waals surface area contributed by atoms with Crippen molar-refractivity contribution in [3.05, 3.63) is 59.2 Å². The Morgan fingerprint density at radius 1 is 1.09 bits per heavy atom. The maximum absolute atomic E-state index is 5.65. The Bertz CT molecular complexity index is 736. The molecule has 0 saturated carbocycles. The van der Waals surface area contributed by atoms with Crippen molar-refractivity contribution in [2.24, 2.45) is 0 Å². The summed E-state index contributed by atoms with van der Waals surface area (Å²) in [4.78, 5) is 8.81. The van der Waals surface area contributed by atoms with Gasteiger partial charge in [0, 0.05) is 23.2 Å². The standard InChI is InChI=1S/C17H16N2O2S/c1-12-3-8-16(18-9-12)21-10-14-11-22-17(19-14)13-4-6-15(20-2)7-5-13/h3-9,11H,10H2,1-2H3.